The molecule has 5 aliphatic rings. The van der Waals surface area contributed by atoms with Gasteiger partial charge in [0.15, 0.2) is 0 Å². The first-order chi connectivity index (χ1) is 9.85. The standard InChI is InChI=1S/C17H27O3P/c1-6-19-21(18,20-7-2)16-14-10-8-9-11(12(9)14)13(10)15(16)17(3,4)5/h9-14H,6-8H2,1-5H3/t9-,10+,11?,12?,13+,14-/m1/s1. The van der Waals surface area contributed by atoms with Crippen molar-refractivity contribution in [3.8, 4) is 0 Å². The highest BCUT2D eigenvalue weighted by Gasteiger charge is 2.79. The lowest BCUT2D eigenvalue weighted by Crippen LogP contribution is -2.20. The van der Waals surface area contributed by atoms with E-state index >= 15 is 0 Å². The number of hydrogen-bond acceptors (Lipinski definition) is 3. The van der Waals surface area contributed by atoms with E-state index in [1.54, 1.807) is 0 Å². The van der Waals surface area contributed by atoms with E-state index in [1.807, 2.05) is 13.8 Å². The third-order valence-corrected chi connectivity index (χ3v) is 8.54. The molecule has 2 unspecified atom stereocenters. The van der Waals surface area contributed by atoms with Gasteiger partial charge in [0.25, 0.3) is 0 Å². The molecule has 0 aromatic rings. The van der Waals surface area contributed by atoms with Gasteiger partial charge in [-0.05, 0) is 66.8 Å². The maximum Gasteiger partial charge on any atom is 0.357 e. The van der Waals surface area contributed by atoms with Gasteiger partial charge >= 0.3 is 7.60 Å². The minimum absolute atomic E-state index is 0.0688. The van der Waals surface area contributed by atoms with Crippen LogP contribution < -0.4 is 0 Å². The summed E-state index contributed by atoms with van der Waals surface area (Å²) in [6.07, 6.45) is 1.35. The molecule has 0 spiro atoms. The van der Waals surface area contributed by atoms with Crippen LogP contribution in [0.5, 0.6) is 0 Å². The van der Waals surface area contributed by atoms with Crippen molar-refractivity contribution in [1.29, 1.82) is 0 Å². The van der Waals surface area contributed by atoms with Crippen molar-refractivity contribution in [2.75, 3.05) is 13.2 Å². The molecule has 0 aromatic heterocycles. The van der Waals surface area contributed by atoms with Crippen molar-refractivity contribution in [2.24, 2.45) is 40.9 Å². The van der Waals surface area contributed by atoms with Crippen molar-refractivity contribution >= 4 is 7.60 Å². The van der Waals surface area contributed by atoms with Crippen LogP contribution in [-0.4, -0.2) is 13.2 Å². The average Bonchev–Trinajstić information content (AvgIpc) is 2.72. The molecule has 4 heteroatoms. The van der Waals surface area contributed by atoms with E-state index in [-0.39, 0.29) is 5.41 Å². The highest BCUT2D eigenvalue weighted by Crippen LogP contribution is 2.87. The first kappa shape index (κ1) is 14.5. The van der Waals surface area contributed by atoms with Crippen LogP contribution in [0, 0.1) is 40.9 Å². The molecule has 4 fully saturated rings. The molecule has 0 amide bonds. The summed E-state index contributed by atoms with van der Waals surface area (Å²) in [5, 5.41) is 1.11. The Hall–Kier alpha value is -0.110. The summed E-state index contributed by atoms with van der Waals surface area (Å²) < 4.78 is 25.0. The Labute approximate surface area is 128 Å². The van der Waals surface area contributed by atoms with Gasteiger partial charge in [0.1, 0.15) is 0 Å². The molecule has 0 aromatic carbocycles. The average molecular weight is 310 g/mol. The van der Waals surface area contributed by atoms with Crippen LogP contribution in [0.15, 0.2) is 10.9 Å². The Morgan fingerprint density at radius 3 is 2.10 bits per heavy atom. The Kier molecular flexibility index (Phi) is 2.93. The van der Waals surface area contributed by atoms with Gasteiger partial charge < -0.3 is 9.05 Å². The molecule has 4 saturated carbocycles. The fourth-order valence-electron chi connectivity index (χ4n) is 6.03. The van der Waals surface area contributed by atoms with Crippen LogP contribution in [0.2, 0.25) is 0 Å². The predicted octanol–water partition coefficient (Wildman–Crippen LogP) is 4.69. The van der Waals surface area contributed by atoms with Crippen LogP contribution in [0.25, 0.3) is 0 Å². The van der Waals surface area contributed by atoms with Gasteiger partial charge in [-0.3, -0.25) is 4.57 Å². The highest BCUT2D eigenvalue weighted by atomic mass is 31.2. The number of rotatable bonds is 5. The SMILES string of the molecule is CCOP(=O)(OCC)C1=C(C(C)(C)C)[C@@H]2C3C4[C@@H]3C[C@@H]2[C@@H]14. The van der Waals surface area contributed by atoms with E-state index in [0.717, 1.165) is 29.0 Å². The van der Waals surface area contributed by atoms with Crippen molar-refractivity contribution in [2.45, 2.75) is 41.0 Å². The zero-order valence-electron chi connectivity index (χ0n) is 13.8. The molecule has 0 N–H and O–H groups in total. The zero-order valence-corrected chi connectivity index (χ0v) is 14.7. The van der Waals surface area contributed by atoms with Crippen LogP contribution >= 0.6 is 7.60 Å². The zero-order chi connectivity index (χ0) is 15.2. The van der Waals surface area contributed by atoms with Gasteiger partial charge in [-0.1, -0.05) is 20.8 Å². The van der Waals surface area contributed by atoms with Crippen LogP contribution in [-0.2, 0) is 13.6 Å². The molecular weight excluding hydrogens is 283 g/mol. The summed E-state index contributed by atoms with van der Waals surface area (Å²) in [6.45, 7) is 11.5. The predicted molar refractivity (Wildman–Crippen MR) is 82.9 cm³/mol. The summed E-state index contributed by atoms with van der Waals surface area (Å²) in [4.78, 5) is 0. The third-order valence-electron chi connectivity index (χ3n) is 6.21. The Bertz CT molecular complexity index is 549. The fourth-order valence-corrected chi connectivity index (χ4v) is 8.57. The minimum Gasteiger partial charge on any atom is -0.306 e. The lowest BCUT2D eigenvalue weighted by molar-refractivity contribution is 0.221. The fraction of sp³-hybridized carbons (Fsp3) is 0.882. The molecule has 5 aliphatic carbocycles. The Morgan fingerprint density at radius 2 is 1.62 bits per heavy atom. The molecule has 21 heavy (non-hydrogen) atoms. The monoisotopic (exact) mass is 310 g/mol. The quantitative estimate of drug-likeness (QED) is 0.691. The van der Waals surface area contributed by atoms with E-state index in [1.165, 1.54) is 12.0 Å². The van der Waals surface area contributed by atoms with Crippen molar-refractivity contribution in [1.82, 2.24) is 0 Å². The summed E-state index contributed by atoms with van der Waals surface area (Å²) >= 11 is 0. The van der Waals surface area contributed by atoms with E-state index in [4.69, 9.17) is 9.05 Å². The van der Waals surface area contributed by atoms with E-state index < -0.39 is 7.60 Å². The van der Waals surface area contributed by atoms with Gasteiger partial charge in [-0.2, -0.15) is 0 Å². The second-order valence-corrected chi connectivity index (χ2v) is 10.1. The first-order valence-corrected chi connectivity index (χ1v) is 10.0. The molecule has 6 bridgehead atoms. The lowest BCUT2D eigenvalue weighted by atomic mass is 9.77. The molecule has 6 atom stereocenters. The summed E-state index contributed by atoms with van der Waals surface area (Å²) in [6, 6.07) is 0. The first-order valence-electron chi connectivity index (χ1n) is 8.49. The molecule has 118 valence electrons. The van der Waals surface area contributed by atoms with E-state index in [9.17, 15) is 4.57 Å². The van der Waals surface area contributed by atoms with Gasteiger partial charge in [-0.25, -0.2) is 0 Å². The third kappa shape index (κ3) is 1.66. The normalized spacial score (nSPS) is 43.1. The second kappa shape index (κ2) is 4.24. The van der Waals surface area contributed by atoms with Crippen molar-refractivity contribution < 1.29 is 13.6 Å². The van der Waals surface area contributed by atoms with Crippen molar-refractivity contribution in [3.63, 3.8) is 0 Å². The molecule has 5 rings (SSSR count). The van der Waals surface area contributed by atoms with Gasteiger partial charge in [-0.15, -0.1) is 0 Å². The number of allylic oxidation sites excluding steroid dienone is 2. The van der Waals surface area contributed by atoms with E-state index in [2.05, 4.69) is 20.8 Å². The smallest absolute Gasteiger partial charge is 0.306 e. The summed E-state index contributed by atoms with van der Waals surface area (Å²) in [7, 11) is -3.10. The Balaban J connectivity index is 1.84. The van der Waals surface area contributed by atoms with Crippen LogP contribution in [0.1, 0.15) is 41.0 Å². The maximum absolute atomic E-state index is 13.5. The largest absolute Gasteiger partial charge is 0.357 e. The van der Waals surface area contributed by atoms with Gasteiger partial charge in [0.05, 0.1) is 13.2 Å². The Morgan fingerprint density at radius 1 is 1.05 bits per heavy atom. The van der Waals surface area contributed by atoms with Gasteiger partial charge in [0.2, 0.25) is 0 Å². The summed E-state index contributed by atoms with van der Waals surface area (Å²) in [5.41, 5.74) is 1.50. The molecule has 0 heterocycles. The van der Waals surface area contributed by atoms with Crippen LogP contribution in [0.4, 0.5) is 0 Å². The van der Waals surface area contributed by atoms with Crippen molar-refractivity contribution in [3.05, 3.63) is 10.9 Å². The summed E-state index contributed by atoms with van der Waals surface area (Å²) in [5.74, 6) is 4.53. The minimum atomic E-state index is -3.10. The highest BCUT2D eigenvalue weighted by molar-refractivity contribution is 7.58. The second-order valence-electron chi connectivity index (χ2n) is 8.15. The number of hydrogen-bond donors (Lipinski definition) is 0. The lowest BCUT2D eigenvalue weighted by Gasteiger charge is -2.32. The van der Waals surface area contributed by atoms with Gasteiger partial charge in [0, 0.05) is 5.31 Å². The topological polar surface area (TPSA) is 35.5 Å². The molecule has 0 aliphatic heterocycles. The molecular formula is C17H27O3P. The van der Waals surface area contributed by atoms with Crippen LogP contribution in [0.3, 0.4) is 0 Å². The van der Waals surface area contributed by atoms with E-state index in [0.29, 0.717) is 25.0 Å². The maximum atomic E-state index is 13.5. The molecule has 0 saturated heterocycles. The molecule has 3 nitrogen and oxygen atoms in total. The molecule has 0 radical (unpaired) electrons.